The average Bonchev–Trinajstić information content (AvgIpc) is 3.22. The fourth-order valence-corrected chi connectivity index (χ4v) is 6.95. The number of aromatic nitrogens is 4. The first-order chi connectivity index (χ1) is 17.5. The van der Waals surface area contributed by atoms with Crippen molar-refractivity contribution in [3.63, 3.8) is 0 Å². The van der Waals surface area contributed by atoms with E-state index in [1.165, 1.54) is 10.6 Å². The summed E-state index contributed by atoms with van der Waals surface area (Å²) in [5.74, 6) is 0.168. The van der Waals surface area contributed by atoms with E-state index in [4.69, 9.17) is 26.2 Å². The number of imidazole rings is 1. The van der Waals surface area contributed by atoms with Gasteiger partial charge in [0, 0.05) is 30.2 Å². The average molecular weight is 577 g/mol. The van der Waals surface area contributed by atoms with E-state index in [-0.39, 0.29) is 32.8 Å². The number of pyridine rings is 1. The van der Waals surface area contributed by atoms with Gasteiger partial charge in [-0.05, 0) is 32.3 Å². The van der Waals surface area contributed by atoms with Gasteiger partial charge in [-0.25, -0.2) is 26.9 Å². The molecule has 2 aliphatic heterocycles. The Bertz CT molecular complexity index is 1450. The SMILES string of the molecule is CC1(NS(=O)(=O)c2cc(N3CCC4(COC4)C3)c3c(Cl)nc(-c4nnc(C(F)F)s4)n3c2)CC1.O=CO. The number of hydrogen-bond donors (Lipinski definition) is 2. The van der Waals surface area contributed by atoms with Gasteiger partial charge in [0.2, 0.25) is 10.0 Å². The summed E-state index contributed by atoms with van der Waals surface area (Å²) in [6.07, 6.45) is 1.09. The molecule has 3 aromatic heterocycles. The van der Waals surface area contributed by atoms with Crippen LogP contribution in [0.5, 0.6) is 0 Å². The Morgan fingerprint density at radius 3 is 2.54 bits per heavy atom. The van der Waals surface area contributed by atoms with Gasteiger partial charge in [0.25, 0.3) is 12.9 Å². The fourth-order valence-electron chi connectivity index (χ4n) is 4.52. The Labute approximate surface area is 219 Å². The fraction of sp³-hybridized carbons (Fsp3) is 0.524. The maximum absolute atomic E-state index is 13.3. The van der Waals surface area contributed by atoms with Crippen LogP contribution in [0.1, 0.15) is 37.6 Å². The summed E-state index contributed by atoms with van der Waals surface area (Å²) in [5, 5.41) is 14.1. The molecule has 1 saturated carbocycles. The highest BCUT2D eigenvalue weighted by Crippen LogP contribution is 2.43. The number of anilines is 1. The van der Waals surface area contributed by atoms with Crippen LogP contribution in [0.3, 0.4) is 0 Å². The molecule has 6 rings (SSSR count). The molecule has 11 nitrogen and oxygen atoms in total. The largest absolute Gasteiger partial charge is 0.483 e. The lowest BCUT2D eigenvalue weighted by Crippen LogP contribution is -2.44. The smallest absolute Gasteiger partial charge is 0.291 e. The molecule has 16 heteroatoms. The highest BCUT2D eigenvalue weighted by atomic mass is 35.5. The molecule has 0 unspecified atom stereocenters. The van der Waals surface area contributed by atoms with Gasteiger partial charge in [0.1, 0.15) is 10.4 Å². The Balaban J connectivity index is 0.000000892. The molecule has 0 atom stereocenters. The monoisotopic (exact) mass is 576 g/mol. The molecule has 200 valence electrons. The highest BCUT2D eigenvalue weighted by Gasteiger charge is 2.46. The van der Waals surface area contributed by atoms with Crippen molar-refractivity contribution in [2.75, 3.05) is 31.2 Å². The molecule has 1 aliphatic carbocycles. The number of nitrogens with one attached hydrogen (secondary N) is 1. The quantitative estimate of drug-likeness (QED) is 0.423. The van der Waals surface area contributed by atoms with E-state index in [0.29, 0.717) is 48.8 Å². The number of carbonyl (C=O) groups is 1. The van der Waals surface area contributed by atoms with Crippen molar-refractivity contribution in [2.24, 2.45) is 5.41 Å². The van der Waals surface area contributed by atoms with E-state index >= 15 is 0 Å². The van der Waals surface area contributed by atoms with E-state index < -0.39 is 27.0 Å². The van der Waals surface area contributed by atoms with Crippen LogP contribution in [-0.4, -0.2) is 71.4 Å². The van der Waals surface area contributed by atoms with Crippen molar-refractivity contribution in [1.82, 2.24) is 24.3 Å². The maximum atomic E-state index is 13.3. The third-order valence-corrected chi connectivity index (χ3v) is 9.55. The van der Waals surface area contributed by atoms with E-state index in [0.717, 1.165) is 19.3 Å². The molecule has 0 aromatic carbocycles. The predicted octanol–water partition coefficient (Wildman–Crippen LogP) is 3.20. The van der Waals surface area contributed by atoms with E-state index in [9.17, 15) is 17.2 Å². The first-order valence-corrected chi connectivity index (χ1v) is 14.0. The Morgan fingerprint density at radius 1 is 1.30 bits per heavy atom. The molecule has 0 amide bonds. The summed E-state index contributed by atoms with van der Waals surface area (Å²) >= 11 is 7.24. The van der Waals surface area contributed by atoms with Crippen molar-refractivity contribution in [3.05, 3.63) is 22.4 Å². The Kier molecular flexibility index (Phi) is 6.63. The number of sulfonamides is 1. The molecule has 2 saturated heterocycles. The summed E-state index contributed by atoms with van der Waals surface area (Å²) in [5.41, 5.74) is 0.705. The number of carboxylic acid groups (broad SMARTS) is 1. The first-order valence-electron chi connectivity index (χ1n) is 11.3. The van der Waals surface area contributed by atoms with Crippen molar-refractivity contribution in [3.8, 4) is 10.8 Å². The van der Waals surface area contributed by atoms with Gasteiger partial charge in [-0.15, -0.1) is 10.2 Å². The minimum Gasteiger partial charge on any atom is -0.483 e. The van der Waals surface area contributed by atoms with E-state index in [1.54, 1.807) is 6.07 Å². The lowest BCUT2D eigenvalue weighted by Gasteiger charge is -2.38. The number of halogens is 3. The zero-order chi connectivity index (χ0) is 26.6. The third kappa shape index (κ3) is 4.90. The summed E-state index contributed by atoms with van der Waals surface area (Å²) in [7, 11) is -3.86. The van der Waals surface area contributed by atoms with Crippen LogP contribution < -0.4 is 9.62 Å². The molecular formula is C21H23ClF2N6O5S2. The van der Waals surface area contributed by atoms with Crippen molar-refractivity contribution >= 4 is 50.6 Å². The second-order valence-corrected chi connectivity index (χ2v) is 12.7. The number of alkyl halides is 2. The van der Waals surface area contributed by atoms with Gasteiger partial charge in [0.15, 0.2) is 21.0 Å². The normalized spacial score (nSPS) is 19.6. The van der Waals surface area contributed by atoms with Crippen molar-refractivity contribution in [1.29, 1.82) is 0 Å². The van der Waals surface area contributed by atoms with Gasteiger partial charge >= 0.3 is 0 Å². The second-order valence-electron chi connectivity index (χ2n) is 9.69. The summed E-state index contributed by atoms with van der Waals surface area (Å²) < 4.78 is 62.6. The van der Waals surface area contributed by atoms with Crippen molar-refractivity contribution < 1.29 is 31.8 Å². The van der Waals surface area contributed by atoms with Crippen molar-refractivity contribution in [2.45, 2.75) is 43.0 Å². The zero-order valence-electron chi connectivity index (χ0n) is 19.5. The van der Waals surface area contributed by atoms with Gasteiger partial charge in [-0.1, -0.05) is 22.9 Å². The van der Waals surface area contributed by atoms with Crippen LogP contribution in [0, 0.1) is 5.41 Å². The Morgan fingerprint density at radius 2 is 2.00 bits per heavy atom. The lowest BCUT2D eigenvalue weighted by molar-refractivity contribution is -0.122. The molecule has 0 bridgehead atoms. The first kappa shape index (κ1) is 26.2. The molecule has 3 aliphatic rings. The van der Waals surface area contributed by atoms with Crippen LogP contribution in [0.25, 0.3) is 16.3 Å². The van der Waals surface area contributed by atoms with Crippen LogP contribution in [-0.2, 0) is 19.6 Å². The minimum atomic E-state index is -3.86. The van der Waals surface area contributed by atoms with Crippen LogP contribution in [0.15, 0.2) is 17.2 Å². The molecule has 2 N–H and O–H groups in total. The summed E-state index contributed by atoms with van der Waals surface area (Å²) in [4.78, 5) is 14.9. The maximum Gasteiger partial charge on any atom is 0.291 e. The van der Waals surface area contributed by atoms with E-state index in [2.05, 4.69) is 24.8 Å². The molecule has 3 aromatic rings. The van der Waals surface area contributed by atoms with Gasteiger partial charge in [0.05, 0.1) is 18.9 Å². The van der Waals surface area contributed by atoms with Gasteiger partial charge in [-0.2, -0.15) is 0 Å². The van der Waals surface area contributed by atoms with Gasteiger partial charge < -0.3 is 14.7 Å². The third-order valence-electron chi connectivity index (χ3n) is 6.75. The predicted molar refractivity (Wildman–Crippen MR) is 131 cm³/mol. The van der Waals surface area contributed by atoms with Crippen LogP contribution >= 0.6 is 22.9 Å². The number of fused-ring (bicyclic) bond motifs is 1. The number of hydrogen-bond acceptors (Lipinski definition) is 9. The lowest BCUT2D eigenvalue weighted by atomic mass is 9.85. The summed E-state index contributed by atoms with van der Waals surface area (Å²) in [6.45, 7) is 4.34. The van der Waals surface area contributed by atoms with Crippen LogP contribution in [0.4, 0.5) is 14.5 Å². The number of ether oxygens (including phenoxy) is 1. The molecular weight excluding hydrogens is 554 g/mol. The highest BCUT2D eigenvalue weighted by molar-refractivity contribution is 7.89. The molecule has 5 heterocycles. The molecule has 3 fully saturated rings. The standard InChI is InChI=1S/C20H21ClF2N6O3S2.CH2O2/c1-19(2-3-19)27-34(30,31)11-6-12(28-5-4-20(8-28)9-32-10-20)13-14(21)24-16(29(13)7-11)18-26-25-17(33-18)15(22)23;2-1-3/h6-7,15,27H,2-5,8-10H2,1H3;1H,(H,2,3). The van der Waals surface area contributed by atoms with Gasteiger partial charge in [-0.3, -0.25) is 9.20 Å². The summed E-state index contributed by atoms with van der Waals surface area (Å²) in [6, 6.07) is 1.62. The molecule has 0 radical (unpaired) electrons. The number of nitrogens with zero attached hydrogens (tertiary/aromatic N) is 5. The minimum absolute atomic E-state index is 0.0443. The topological polar surface area (TPSA) is 139 Å². The van der Waals surface area contributed by atoms with E-state index in [1.807, 2.05) is 6.92 Å². The molecule has 1 spiro atoms. The van der Waals surface area contributed by atoms with Crippen LogP contribution in [0.2, 0.25) is 5.15 Å². The Hall–Kier alpha value is -2.46. The number of rotatable bonds is 6. The molecule has 37 heavy (non-hydrogen) atoms. The zero-order valence-corrected chi connectivity index (χ0v) is 21.9. The second kappa shape index (κ2) is 9.38.